The van der Waals surface area contributed by atoms with Crippen molar-refractivity contribution in [3.05, 3.63) is 0 Å². The average Bonchev–Trinajstić information content (AvgIpc) is 2.06. The molecule has 3 nitrogen and oxygen atoms in total. The molecule has 2 atom stereocenters. The van der Waals surface area contributed by atoms with Crippen molar-refractivity contribution in [2.24, 2.45) is 0 Å². The molecule has 0 heterocycles. The summed E-state index contributed by atoms with van der Waals surface area (Å²) in [6, 6.07) is 1.30. The van der Waals surface area contributed by atoms with Gasteiger partial charge >= 0.3 is 0 Å². The molecule has 0 aliphatic heterocycles. The molecule has 0 aromatic carbocycles. The summed E-state index contributed by atoms with van der Waals surface area (Å²) in [6.07, 6.45) is 4.81. The molecule has 0 aromatic heterocycles. The molecule has 14 heavy (non-hydrogen) atoms. The summed E-state index contributed by atoms with van der Waals surface area (Å²) >= 11 is 0. The lowest BCUT2D eigenvalue weighted by atomic mass is 9.90. The van der Waals surface area contributed by atoms with Gasteiger partial charge in [0.2, 0.25) is 5.91 Å². The molecule has 0 aromatic rings. The number of carbonyl (C=O) groups excluding carboxylic acids is 1. The first-order valence-electron chi connectivity index (χ1n) is 5.62. The van der Waals surface area contributed by atoms with Crippen LogP contribution in [0.2, 0.25) is 0 Å². The van der Waals surface area contributed by atoms with E-state index < -0.39 is 0 Å². The van der Waals surface area contributed by atoms with E-state index in [4.69, 9.17) is 0 Å². The maximum atomic E-state index is 11.0. The molecule has 0 spiro atoms. The van der Waals surface area contributed by atoms with Crippen molar-refractivity contribution in [2.45, 2.75) is 64.6 Å². The summed E-state index contributed by atoms with van der Waals surface area (Å²) in [4.78, 5) is 11.0. The molecule has 1 rings (SSSR count). The van der Waals surface area contributed by atoms with Crippen molar-refractivity contribution >= 4 is 5.91 Å². The summed E-state index contributed by atoms with van der Waals surface area (Å²) in [6.45, 7) is 5.90. The van der Waals surface area contributed by atoms with Gasteiger partial charge in [-0.3, -0.25) is 4.79 Å². The lowest BCUT2D eigenvalue weighted by molar-refractivity contribution is -0.120. The van der Waals surface area contributed by atoms with Crippen LogP contribution in [0.25, 0.3) is 0 Å². The largest absolute Gasteiger partial charge is 0.352 e. The van der Waals surface area contributed by atoms with E-state index >= 15 is 0 Å². The molecular formula is C11H22N2O. The van der Waals surface area contributed by atoms with Crippen molar-refractivity contribution in [3.8, 4) is 0 Å². The molecule has 0 bridgehead atoms. The number of nitrogens with one attached hydrogen (secondary N) is 2. The van der Waals surface area contributed by atoms with Gasteiger partial charge < -0.3 is 10.6 Å². The van der Waals surface area contributed by atoms with Crippen LogP contribution in [-0.2, 0) is 4.79 Å². The van der Waals surface area contributed by atoms with Crippen molar-refractivity contribution in [3.63, 3.8) is 0 Å². The molecule has 0 saturated heterocycles. The van der Waals surface area contributed by atoms with Crippen molar-refractivity contribution in [1.82, 2.24) is 10.6 Å². The van der Waals surface area contributed by atoms with Gasteiger partial charge in [0.05, 0.1) is 0 Å². The van der Waals surface area contributed by atoms with Crippen molar-refractivity contribution in [1.29, 1.82) is 0 Å². The highest BCUT2D eigenvalue weighted by molar-refractivity contribution is 5.73. The van der Waals surface area contributed by atoms with Gasteiger partial charge in [-0.15, -0.1) is 0 Å². The van der Waals surface area contributed by atoms with E-state index in [2.05, 4.69) is 24.5 Å². The molecule has 82 valence electrons. The zero-order valence-corrected chi connectivity index (χ0v) is 9.47. The van der Waals surface area contributed by atoms with Gasteiger partial charge in [-0.25, -0.2) is 0 Å². The quantitative estimate of drug-likeness (QED) is 0.720. The highest BCUT2D eigenvalue weighted by atomic mass is 16.1. The highest BCUT2D eigenvalue weighted by Gasteiger charge is 2.25. The monoisotopic (exact) mass is 198 g/mol. The molecule has 0 unspecified atom stereocenters. The third kappa shape index (κ3) is 3.66. The van der Waals surface area contributed by atoms with Crippen LogP contribution in [0.5, 0.6) is 0 Å². The van der Waals surface area contributed by atoms with Gasteiger partial charge in [0, 0.05) is 25.0 Å². The number of amides is 1. The zero-order chi connectivity index (χ0) is 10.6. The van der Waals surface area contributed by atoms with E-state index in [1.54, 1.807) is 6.92 Å². The SMILES string of the molecule is CC(=O)N[C@@H]1CCCC[C@@H]1NC(C)C. The average molecular weight is 198 g/mol. The number of carbonyl (C=O) groups is 1. The molecule has 2 N–H and O–H groups in total. The lowest BCUT2D eigenvalue weighted by Crippen LogP contribution is -2.52. The third-order valence-electron chi connectivity index (χ3n) is 2.70. The molecule has 1 aliphatic rings. The molecule has 1 aliphatic carbocycles. The third-order valence-corrected chi connectivity index (χ3v) is 2.70. The Labute approximate surface area is 86.6 Å². The van der Waals surface area contributed by atoms with Gasteiger partial charge in [0.15, 0.2) is 0 Å². The fourth-order valence-corrected chi connectivity index (χ4v) is 2.19. The predicted molar refractivity (Wildman–Crippen MR) is 58.1 cm³/mol. The van der Waals surface area contributed by atoms with Crippen molar-refractivity contribution < 1.29 is 4.79 Å². The van der Waals surface area contributed by atoms with Gasteiger partial charge in [0.25, 0.3) is 0 Å². The van der Waals surface area contributed by atoms with E-state index in [9.17, 15) is 4.79 Å². The topological polar surface area (TPSA) is 41.1 Å². The smallest absolute Gasteiger partial charge is 0.217 e. The fraction of sp³-hybridized carbons (Fsp3) is 0.909. The van der Waals surface area contributed by atoms with Crippen molar-refractivity contribution in [2.75, 3.05) is 0 Å². The molecule has 1 fully saturated rings. The van der Waals surface area contributed by atoms with E-state index in [1.807, 2.05) is 0 Å². The normalized spacial score (nSPS) is 27.7. The minimum absolute atomic E-state index is 0.0902. The van der Waals surface area contributed by atoms with Crippen LogP contribution in [0.15, 0.2) is 0 Å². The Morgan fingerprint density at radius 1 is 1.21 bits per heavy atom. The van der Waals surface area contributed by atoms with Gasteiger partial charge in [-0.2, -0.15) is 0 Å². The Hall–Kier alpha value is -0.570. The summed E-state index contributed by atoms with van der Waals surface area (Å²) in [5.41, 5.74) is 0. The van der Waals surface area contributed by atoms with Crippen LogP contribution in [-0.4, -0.2) is 24.0 Å². The van der Waals surface area contributed by atoms with Crippen LogP contribution < -0.4 is 10.6 Å². The summed E-state index contributed by atoms with van der Waals surface area (Å²) in [5.74, 6) is 0.0902. The van der Waals surface area contributed by atoms with Crippen LogP contribution in [0.4, 0.5) is 0 Å². The van der Waals surface area contributed by atoms with E-state index in [0.29, 0.717) is 18.1 Å². The Bertz CT molecular complexity index is 192. The first-order chi connectivity index (χ1) is 6.59. The zero-order valence-electron chi connectivity index (χ0n) is 9.47. The highest BCUT2D eigenvalue weighted by Crippen LogP contribution is 2.18. The Morgan fingerprint density at radius 2 is 1.79 bits per heavy atom. The molecular weight excluding hydrogens is 176 g/mol. The molecule has 1 amide bonds. The van der Waals surface area contributed by atoms with Gasteiger partial charge in [-0.1, -0.05) is 26.7 Å². The van der Waals surface area contributed by atoms with E-state index in [-0.39, 0.29) is 5.91 Å². The maximum Gasteiger partial charge on any atom is 0.217 e. The minimum atomic E-state index is 0.0902. The van der Waals surface area contributed by atoms with Crippen LogP contribution in [0, 0.1) is 0 Å². The van der Waals surface area contributed by atoms with Gasteiger partial charge in [0.1, 0.15) is 0 Å². The second kappa shape index (κ2) is 5.35. The Morgan fingerprint density at radius 3 is 2.29 bits per heavy atom. The summed E-state index contributed by atoms with van der Waals surface area (Å²) in [7, 11) is 0. The number of hydrogen-bond acceptors (Lipinski definition) is 2. The Balaban J connectivity index is 2.45. The fourth-order valence-electron chi connectivity index (χ4n) is 2.19. The lowest BCUT2D eigenvalue weighted by Gasteiger charge is -2.34. The minimum Gasteiger partial charge on any atom is -0.352 e. The Kier molecular flexibility index (Phi) is 4.39. The number of rotatable bonds is 3. The predicted octanol–water partition coefficient (Wildman–Crippen LogP) is 1.43. The van der Waals surface area contributed by atoms with E-state index in [0.717, 1.165) is 6.42 Å². The molecule has 0 radical (unpaired) electrons. The first kappa shape index (κ1) is 11.5. The van der Waals surface area contributed by atoms with Crippen LogP contribution in [0.1, 0.15) is 46.5 Å². The number of hydrogen-bond donors (Lipinski definition) is 2. The van der Waals surface area contributed by atoms with Crippen LogP contribution >= 0.6 is 0 Å². The van der Waals surface area contributed by atoms with Gasteiger partial charge in [-0.05, 0) is 12.8 Å². The standard InChI is InChI=1S/C11H22N2O/c1-8(2)12-10-6-4-5-7-11(10)13-9(3)14/h8,10-12H,4-7H2,1-3H3,(H,13,14)/t10-,11+/m0/s1. The summed E-state index contributed by atoms with van der Waals surface area (Å²) < 4.78 is 0. The van der Waals surface area contributed by atoms with Crippen LogP contribution in [0.3, 0.4) is 0 Å². The van der Waals surface area contributed by atoms with E-state index in [1.165, 1.54) is 19.3 Å². The summed E-state index contributed by atoms with van der Waals surface area (Å²) in [5, 5.41) is 6.56. The second-order valence-corrected chi connectivity index (χ2v) is 4.52. The maximum absolute atomic E-state index is 11.0. The molecule has 1 saturated carbocycles. The molecule has 3 heteroatoms. The second-order valence-electron chi connectivity index (χ2n) is 4.52. The first-order valence-corrected chi connectivity index (χ1v) is 5.62.